The Bertz CT molecular complexity index is 764. The van der Waals surface area contributed by atoms with Crippen molar-refractivity contribution < 1.29 is 27.4 Å². The first-order chi connectivity index (χ1) is 12.3. The summed E-state index contributed by atoms with van der Waals surface area (Å²) in [5.74, 6) is 0.404. The third kappa shape index (κ3) is 5.38. The van der Waals surface area contributed by atoms with Crippen LogP contribution in [0.4, 0.5) is 29.3 Å². The summed E-state index contributed by atoms with van der Waals surface area (Å²) in [5.41, 5.74) is 0.00146. The Balaban J connectivity index is 2.14. The minimum atomic E-state index is -4.57. The first kappa shape index (κ1) is 19.6. The number of nitrogens with one attached hydrogen (secondary N) is 2. The van der Waals surface area contributed by atoms with Gasteiger partial charge in [0.1, 0.15) is 12.4 Å². The van der Waals surface area contributed by atoms with E-state index in [1.54, 1.807) is 18.2 Å². The van der Waals surface area contributed by atoms with Crippen LogP contribution in [0.1, 0.15) is 11.1 Å². The van der Waals surface area contributed by atoms with Gasteiger partial charge in [0.2, 0.25) is 0 Å². The highest BCUT2D eigenvalue weighted by molar-refractivity contribution is 6.01. The summed E-state index contributed by atoms with van der Waals surface area (Å²) in [6.07, 6.45) is -4.57. The van der Waals surface area contributed by atoms with E-state index in [4.69, 9.17) is 9.47 Å². The number of rotatable bonds is 6. The third-order valence-electron chi connectivity index (χ3n) is 3.41. The zero-order chi connectivity index (χ0) is 19.2. The van der Waals surface area contributed by atoms with E-state index in [-0.39, 0.29) is 12.3 Å². The van der Waals surface area contributed by atoms with Crippen molar-refractivity contribution in [1.29, 1.82) is 0 Å². The Hall–Kier alpha value is -2.74. The summed E-state index contributed by atoms with van der Waals surface area (Å²) in [6.45, 7) is 2.48. The van der Waals surface area contributed by atoms with Gasteiger partial charge in [-0.1, -0.05) is 18.2 Å². The van der Waals surface area contributed by atoms with Crippen molar-refractivity contribution in [2.75, 3.05) is 31.0 Å². The van der Waals surface area contributed by atoms with Crippen LogP contribution in [-0.2, 0) is 10.9 Å². The predicted octanol–water partition coefficient (Wildman–Crippen LogP) is 4.68. The SMILES string of the molecule is COCCOc1cc(C)ccc1NC(=O)Nc1ccccc1C(F)(F)F. The lowest BCUT2D eigenvalue weighted by Gasteiger charge is -2.16. The average Bonchev–Trinajstić information content (AvgIpc) is 2.57. The Morgan fingerprint density at radius 2 is 1.73 bits per heavy atom. The van der Waals surface area contributed by atoms with Crippen LogP contribution in [0.2, 0.25) is 0 Å². The van der Waals surface area contributed by atoms with Crippen LogP contribution in [0.3, 0.4) is 0 Å². The standard InChI is InChI=1S/C18H19F3N2O3/c1-12-7-8-15(16(11-12)26-10-9-25-2)23-17(24)22-14-6-4-3-5-13(14)18(19,20)21/h3-8,11H,9-10H2,1-2H3,(H2,22,23,24). The van der Waals surface area contributed by atoms with E-state index in [0.717, 1.165) is 11.6 Å². The van der Waals surface area contributed by atoms with Gasteiger partial charge >= 0.3 is 12.2 Å². The lowest BCUT2D eigenvalue weighted by Crippen LogP contribution is -2.22. The number of anilines is 2. The molecule has 0 radical (unpaired) electrons. The number of carbonyl (C=O) groups excluding carboxylic acids is 1. The molecule has 0 unspecified atom stereocenters. The zero-order valence-corrected chi connectivity index (χ0v) is 14.3. The highest BCUT2D eigenvalue weighted by Gasteiger charge is 2.33. The van der Waals surface area contributed by atoms with Gasteiger partial charge in [-0.25, -0.2) is 4.79 Å². The minimum Gasteiger partial charge on any atom is -0.489 e. The molecule has 2 N–H and O–H groups in total. The van der Waals surface area contributed by atoms with Crippen molar-refractivity contribution in [3.63, 3.8) is 0 Å². The monoisotopic (exact) mass is 368 g/mol. The van der Waals surface area contributed by atoms with Gasteiger partial charge in [0.05, 0.1) is 23.5 Å². The maximum Gasteiger partial charge on any atom is 0.418 e. The molecule has 0 saturated carbocycles. The van der Waals surface area contributed by atoms with Crippen LogP contribution in [0.25, 0.3) is 0 Å². The van der Waals surface area contributed by atoms with Crippen molar-refractivity contribution >= 4 is 17.4 Å². The van der Waals surface area contributed by atoms with Gasteiger partial charge in [-0.3, -0.25) is 0 Å². The van der Waals surface area contributed by atoms with Crippen molar-refractivity contribution in [3.05, 3.63) is 53.6 Å². The number of amides is 2. The summed E-state index contributed by atoms with van der Waals surface area (Å²) in [4.78, 5) is 12.2. The molecule has 8 heteroatoms. The molecule has 2 aromatic carbocycles. The molecule has 2 rings (SSSR count). The van der Waals surface area contributed by atoms with Gasteiger partial charge in [0.25, 0.3) is 0 Å². The largest absolute Gasteiger partial charge is 0.489 e. The second kappa shape index (κ2) is 8.57. The second-order valence-corrected chi connectivity index (χ2v) is 5.46. The summed E-state index contributed by atoms with van der Waals surface area (Å²) in [7, 11) is 1.53. The quantitative estimate of drug-likeness (QED) is 0.728. The lowest BCUT2D eigenvalue weighted by molar-refractivity contribution is -0.136. The first-order valence-corrected chi connectivity index (χ1v) is 7.78. The Morgan fingerprint density at radius 3 is 2.42 bits per heavy atom. The molecule has 5 nitrogen and oxygen atoms in total. The lowest BCUT2D eigenvalue weighted by atomic mass is 10.1. The molecule has 0 fully saturated rings. The fraction of sp³-hybridized carbons (Fsp3) is 0.278. The number of urea groups is 1. The first-order valence-electron chi connectivity index (χ1n) is 7.78. The second-order valence-electron chi connectivity index (χ2n) is 5.46. The molecule has 0 aliphatic carbocycles. The maximum atomic E-state index is 13.0. The van der Waals surface area contributed by atoms with Gasteiger partial charge < -0.3 is 20.1 Å². The Kier molecular flexibility index (Phi) is 6.46. The molecule has 0 bridgehead atoms. The summed E-state index contributed by atoms with van der Waals surface area (Å²) in [6, 6.07) is 9.05. The smallest absolute Gasteiger partial charge is 0.418 e. The van der Waals surface area contributed by atoms with Crippen LogP contribution in [0.5, 0.6) is 5.75 Å². The van der Waals surface area contributed by atoms with Gasteiger partial charge in [-0.05, 0) is 36.8 Å². The molecule has 0 aliphatic heterocycles. The van der Waals surface area contributed by atoms with Gasteiger partial charge in [0.15, 0.2) is 0 Å². The van der Waals surface area contributed by atoms with Crippen LogP contribution >= 0.6 is 0 Å². The minimum absolute atomic E-state index is 0.271. The van der Waals surface area contributed by atoms with E-state index in [9.17, 15) is 18.0 Å². The van der Waals surface area contributed by atoms with Gasteiger partial charge in [-0.15, -0.1) is 0 Å². The fourth-order valence-electron chi connectivity index (χ4n) is 2.20. The Morgan fingerprint density at radius 1 is 1.04 bits per heavy atom. The average molecular weight is 368 g/mol. The molecule has 2 amide bonds. The number of alkyl halides is 3. The van der Waals surface area contributed by atoms with E-state index >= 15 is 0 Å². The van der Waals surface area contributed by atoms with Crippen molar-refractivity contribution in [3.8, 4) is 5.75 Å². The summed E-state index contributed by atoms with van der Waals surface area (Å²) in [5, 5.41) is 4.73. The molecule has 2 aromatic rings. The molecule has 0 atom stereocenters. The highest BCUT2D eigenvalue weighted by atomic mass is 19.4. The van der Waals surface area contributed by atoms with Crippen molar-refractivity contribution in [2.45, 2.75) is 13.1 Å². The Labute approximate surface area is 149 Å². The van der Waals surface area contributed by atoms with E-state index < -0.39 is 17.8 Å². The molecule has 0 spiro atoms. The van der Waals surface area contributed by atoms with E-state index in [1.807, 2.05) is 6.92 Å². The van der Waals surface area contributed by atoms with E-state index in [0.29, 0.717) is 18.0 Å². The zero-order valence-electron chi connectivity index (χ0n) is 14.3. The molecule has 0 heterocycles. The maximum absolute atomic E-state index is 13.0. The molecular weight excluding hydrogens is 349 g/mol. The summed E-state index contributed by atoms with van der Waals surface area (Å²) < 4.78 is 49.5. The van der Waals surface area contributed by atoms with E-state index in [1.165, 1.54) is 25.3 Å². The predicted molar refractivity (Wildman–Crippen MR) is 92.6 cm³/mol. The highest BCUT2D eigenvalue weighted by Crippen LogP contribution is 2.34. The molecule has 0 aromatic heterocycles. The van der Waals surface area contributed by atoms with Crippen molar-refractivity contribution in [1.82, 2.24) is 0 Å². The van der Waals surface area contributed by atoms with Gasteiger partial charge in [0, 0.05) is 7.11 Å². The van der Waals surface area contributed by atoms with Crippen LogP contribution in [0, 0.1) is 6.92 Å². The summed E-state index contributed by atoms with van der Waals surface area (Å²) >= 11 is 0. The van der Waals surface area contributed by atoms with E-state index in [2.05, 4.69) is 10.6 Å². The number of halogens is 3. The molecular formula is C18H19F3N2O3. The van der Waals surface area contributed by atoms with Crippen molar-refractivity contribution in [2.24, 2.45) is 0 Å². The number of methoxy groups -OCH3 is 1. The number of hydrogen-bond donors (Lipinski definition) is 2. The molecule has 0 aliphatic rings. The van der Waals surface area contributed by atoms with Crippen LogP contribution < -0.4 is 15.4 Å². The fourth-order valence-corrected chi connectivity index (χ4v) is 2.20. The number of hydrogen-bond acceptors (Lipinski definition) is 3. The van der Waals surface area contributed by atoms with Gasteiger partial charge in [-0.2, -0.15) is 13.2 Å². The number of para-hydroxylation sites is 1. The molecule has 0 saturated heterocycles. The van der Waals surface area contributed by atoms with Crippen LogP contribution in [-0.4, -0.2) is 26.4 Å². The number of carbonyl (C=O) groups is 1. The normalized spacial score (nSPS) is 11.1. The topological polar surface area (TPSA) is 59.6 Å². The number of ether oxygens (including phenoxy) is 2. The number of benzene rings is 2. The third-order valence-corrected chi connectivity index (χ3v) is 3.41. The molecule has 26 heavy (non-hydrogen) atoms. The number of aryl methyl sites for hydroxylation is 1. The molecule has 140 valence electrons. The van der Waals surface area contributed by atoms with Crippen LogP contribution in [0.15, 0.2) is 42.5 Å².